The fourth-order valence-electron chi connectivity index (χ4n) is 1.88. The minimum absolute atomic E-state index is 0.179. The number of hydrogen-bond acceptors (Lipinski definition) is 4. The monoisotopic (exact) mass is 238 g/mol. The van der Waals surface area contributed by atoms with Gasteiger partial charge in [0.1, 0.15) is 23.9 Å². The van der Waals surface area contributed by atoms with Gasteiger partial charge >= 0.3 is 5.97 Å². The van der Waals surface area contributed by atoms with E-state index >= 15 is 0 Å². The zero-order valence-electron chi connectivity index (χ0n) is 9.73. The molecule has 92 valence electrons. The zero-order chi connectivity index (χ0) is 12.4. The van der Waals surface area contributed by atoms with Gasteiger partial charge in [-0.1, -0.05) is 0 Å². The fourth-order valence-corrected chi connectivity index (χ4v) is 1.88. The highest BCUT2D eigenvalue weighted by Gasteiger charge is 2.28. The maximum Gasteiger partial charge on any atom is 0.310 e. The lowest BCUT2D eigenvalue weighted by Crippen LogP contribution is -2.28. The smallest absolute Gasteiger partial charge is 0.310 e. The number of carbonyl (C=O) groups is 1. The number of benzene rings is 1. The minimum Gasteiger partial charge on any atom is -0.496 e. The van der Waals surface area contributed by atoms with E-state index in [1.165, 1.54) is 0 Å². The van der Waals surface area contributed by atoms with Crippen molar-refractivity contribution in [2.75, 3.05) is 20.8 Å². The largest absolute Gasteiger partial charge is 0.496 e. The highest BCUT2D eigenvalue weighted by Crippen LogP contribution is 2.38. The number of aliphatic carboxylic acids is 1. The summed E-state index contributed by atoms with van der Waals surface area (Å²) < 4.78 is 15.8. The van der Waals surface area contributed by atoms with E-state index in [1.807, 2.05) is 0 Å². The number of ether oxygens (including phenoxy) is 3. The van der Waals surface area contributed by atoms with Gasteiger partial charge in [0.15, 0.2) is 0 Å². The quantitative estimate of drug-likeness (QED) is 0.860. The number of hydrogen-bond donors (Lipinski definition) is 1. The molecule has 0 aromatic heterocycles. The molecule has 0 spiro atoms. The Balaban J connectivity index is 2.39. The van der Waals surface area contributed by atoms with E-state index in [-0.39, 0.29) is 6.61 Å². The molecular formula is C12H14O5. The maximum atomic E-state index is 10.9. The summed E-state index contributed by atoms with van der Waals surface area (Å²) in [4.78, 5) is 10.9. The third kappa shape index (κ3) is 2.13. The molecule has 0 amide bonds. The molecule has 1 atom stereocenters. The lowest BCUT2D eigenvalue weighted by atomic mass is 9.96. The van der Waals surface area contributed by atoms with Crippen LogP contribution in [-0.2, 0) is 11.2 Å². The molecule has 1 heterocycles. The summed E-state index contributed by atoms with van der Waals surface area (Å²) in [7, 11) is 3.10. The molecule has 1 aromatic rings. The van der Waals surface area contributed by atoms with Crippen LogP contribution in [0, 0.1) is 5.92 Å². The second-order valence-electron chi connectivity index (χ2n) is 3.86. The maximum absolute atomic E-state index is 10.9. The van der Waals surface area contributed by atoms with Crippen LogP contribution in [0.1, 0.15) is 5.56 Å². The van der Waals surface area contributed by atoms with Gasteiger partial charge in [0, 0.05) is 17.7 Å². The molecule has 1 N–H and O–H groups in total. The summed E-state index contributed by atoms with van der Waals surface area (Å²) >= 11 is 0. The van der Waals surface area contributed by atoms with E-state index in [0.29, 0.717) is 23.7 Å². The third-order valence-corrected chi connectivity index (χ3v) is 2.84. The Kier molecular flexibility index (Phi) is 3.08. The number of methoxy groups -OCH3 is 2. The summed E-state index contributed by atoms with van der Waals surface area (Å²) in [5, 5.41) is 8.98. The molecule has 0 unspecified atom stereocenters. The molecular weight excluding hydrogens is 224 g/mol. The normalized spacial score (nSPS) is 17.9. The molecule has 1 aromatic carbocycles. The SMILES string of the molecule is COc1cc(OC)c2c(c1)OC[C@@H](C(=O)O)C2. The Bertz CT molecular complexity index is 424. The first-order chi connectivity index (χ1) is 8.15. The summed E-state index contributed by atoms with van der Waals surface area (Å²) in [5.41, 5.74) is 0.784. The molecule has 2 rings (SSSR count). The lowest BCUT2D eigenvalue weighted by molar-refractivity contribution is -0.143. The van der Waals surface area contributed by atoms with E-state index < -0.39 is 11.9 Å². The van der Waals surface area contributed by atoms with Gasteiger partial charge in [-0.3, -0.25) is 4.79 Å². The molecule has 1 aliphatic rings. The van der Waals surface area contributed by atoms with E-state index in [2.05, 4.69) is 0 Å². The lowest BCUT2D eigenvalue weighted by Gasteiger charge is -2.24. The van der Waals surface area contributed by atoms with Crippen LogP contribution in [0.5, 0.6) is 17.2 Å². The molecule has 0 bridgehead atoms. The standard InChI is InChI=1S/C12H14O5/c1-15-8-4-10(16-2)9-3-7(12(13)14)6-17-11(9)5-8/h4-5,7H,3,6H2,1-2H3,(H,13,14)/t7-/m0/s1. The highest BCUT2D eigenvalue weighted by molar-refractivity contribution is 5.72. The van der Waals surface area contributed by atoms with Crippen molar-refractivity contribution in [2.24, 2.45) is 5.92 Å². The summed E-state index contributed by atoms with van der Waals surface area (Å²) in [6.45, 7) is 0.179. The van der Waals surface area contributed by atoms with Crippen LogP contribution in [-0.4, -0.2) is 31.9 Å². The number of carboxylic acid groups (broad SMARTS) is 1. The van der Waals surface area contributed by atoms with Crippen LogP contribution in [0.4, 0.5) is 0 Å². The molecule has 1 aliphatic heterocycles. The highest BCUT2D eigenvalue weighted by atomic mass is 16.5. The van der Waals surface area contributed by atoms with Crippen molar-refractivity contribution in [1.29, 1.82) is 0 Å². The van der Waals surface area contributed by atoms with Crippen molar-refractivity contribution in [3.63, 3.8) is 0 Å². The van der Waals surface area contributed by atoms with Gasteiger partial charge in [0.25, 0.3) is 0 Å². The van der Waals surface area contributed by atoms with Crippen LogP contribution in [0.25, 0.3) is 0 Å². The Hall–Kier alpha value is -1.91. The average molecular weight is 238 g/mol. The Morgan fingerprint density at radius 3 is 2.76 bits per heavy atom. The fraction of sp³-hybridized carbons (Fsp3) is 0.417. The van der Waals surface area contributed by atoms with Gasteiger partial charge in [-0.05, 0) is 6.42 Å². The minimum atomic E-state index is -0.853. The molecule has 0 saturated carbocycles. The van der Waals surface area contributed by atoms with Crippen LogP contribution in [0.2, 0.25) is 0 Å². The van der Waals surface area contributed by atoms with E-state index in [1.54, 1.807) is 26.4 Å². The average Bonchev–Trinajstić information content (AvgIpc) is 2.36. The Morgan fingerprint density at radius 1 is 1.41 bits per heavy atom. The van der Waals surface area contributed by atoms with Crippen molar-refractivity contribution in [3.05, 3.63) is 17.7 Å². The van der Waals surface area contributed by atoms with Gasteiger partial charge < -0.3 is 19.3 Å². The summed E-state index contributed by atoms with van der Waals surface area (Å²) in [6, 6.07) is 3.47. The predicted molar refractivity (Wildman–Crippen MR) is 59.9 cm³/mol. The number of rotatable bonds is 3. The number of fused-ring (bicyclic) bond motifs is 1. The second-order valence-corrected chi connectivity index (χ2v) is 3.86. The zero-order valence-corrected chi connectivity index (χ0v) is 9.73. The van der Waals surface area contributed by atoms with Gasteiger partial charge in [-0.2, -0.15) is 0 Å². The van der Waals surface area contributed by atoms with Crippen molar-refractivity contribution < 1.29 is 24.1 Å². The number of carboxylic acids is 1. The summed E-state index contributed by atoms with van der Waals surface area (Å²) in [6.07, 6.45) is 0.415. The van der Waals surface area contributed by atoms with E-state index in [9.17, 15) is 4.79 Å². The van der Waals surface area contributed by atoms with Crippen molar-refractivity contribution in [3.8, 4) is 17.2 Å². The Morgan fingerprint density at radius 2 is 2.18 bits per heavy atom. The van der Waals surface area contributed by atoms with Gasteiger partial charge in [0.2, 0.25) is 0 Å². The Labute approximate surface area is 98.9 Å². The van der Waals surface area contributed by atoms with E-state index in [0.717, 1.165) is 5.56 Å². The first-order valence-electron chi connectivity index (χ1n) is 5.26. The molecule has 0 fully saturated rings. The van der Waals surface area contributed by atoms with Crippen molar-refractivity contribution in [1.82, 2.24) is 0 Å². The third-order valence-electron chi connectivity index (χ3n) is 2.84. The molecule has 0 radical (unpaired) electrons. The van der Waals surface area contributed by atoms with Crippen LogP contribution in [0.15, 0.2) is 12.1 Å². The van der Waals surface area contributed by atoms with Crippen LogP contribution >= 0.6 is 0 Å². The van der Waals surface area contributed by atoms with Crippen LogP contribution < -0.4 is 14.2 Å². The first-order valence-corrected chi connectivity index (χ1v) is 5.26. The van der Waals surface area contributed by atoms with E-state index in [4.69, 9.17) is 19.3 Å². The van der Waals surface area contributed by atoms with Gasteiger partial charge in [-0.25, -0.2) is 0 Å². The molecule has 0 saturated heterocycles. The topological polar surface area (TPSA) is 65.0 Å². The van der Waals surface area contributed by atoms with Gasteiger partial charge in [0.05, 0.1) is 20.1 Å². The van der Waals surface area contributed by atoms with Crippen molar-refractivity contribution >= 4 is 5.97 Å². The predicted octanol–water partition coefficient (Wildman–Crippen LogP) is 1.34. The molecule has 17 heavy (non-hydrogen) atoms. The molecule has 5 heteroatoms. The van der Waals surface area contributed by atoms with Crippen molar-refractivity contribution in [2.45, 2.75) is 6.42 Å². The van der Waals surface area contributed by atoms with Crippen LogP contribution in [0.3, 0.4) is 0 Å². The summed E-state index contributed by atoms with van der Waals surface area (Å²) in [5.74, 6) is 0.497. The first kappa shape index (κ1) is 11.6. The molecule has 0 aliphatic carbocycles. The molecule has 5 nitrogen and oxygen atoms in total. The van der Waals surface area contributed by atoms with Gasteiger partial charge in [-0.15, -0.1) is 0 Å². The second kappa shape index (κ2) is 4.53.